The van der Waals surface area contributed by atoms with Crippen molar-refractivity contribution in [2.75, 3.05) is 14.2 Å². The molecule has 28 heavy (non-hydrogen) atoms. The van der Waals surface area contributed by atoms with E-state index in [-0.39, 0.29) is 11.3 Å². The molecule has 0 aromatic heterocycles. The molecule has 1 amide bonds. The predicted octanol–water partition coefficient (Wildman–Crippen LogP) is 2.82. The number of benzene rings is 1. The van der Waals surface area contributed by atoms with E-state index in [1.54, 1.807) is 12.1 Å². The number of esters is 1. The number of hydrogen-bond acceptors (Lipinski definition) is 5. The first-order valence-electron chi connectivity index (χ1n) is 10.1. The molecule has 4 aliphatic rings. The molecule has 152 valence electrons. The summed E-state index contributed by atoms with van der Waals surface area (Å²) in [6.45, 7) is 0.347. The van der Waals surface area contributed by atoms with Crippen LogP contribution in [0.2, 0.25) is 0 Å². The first kappa shape index (κ1) is 19.2. The lowest BCUT2D eigenvalue weighted by Crippen LogP contribution is -2.56. The maximum Gasteiger partial charge on any atom is 0.341 e. The van der Waals surface area contributed by atoms with Crippen LogP contribution in [0.15, 0.2) is 18.2 Å². The fraction of sp³-hybridized carbons (Fsp3) is 0.636. The van der Waals surface area contributed by atoms with Gasteiger partial charge in [-0.05, 0) is 73.5 Å². The van der Waals surface area contributed by atoms with Gasteiger partial charge < -0.3 is 19.9 Å². The van der Waals surface area contributed by atoms with Crippen molar-refractivity contribution in [1.29, 1.82) is 0 Å². The zero-order valence-electron chi connectivity index (χ0n) is 16.6. The largest absolute Gasteiger partial charge is 0.496 e. The van der Waals surface area contributed by atoms with Crippen molar-refractivity contribution >= 4 is 11.9 Å². The molecular formula is C22H29NO5. The third-order valence-electron chi connectivity index (χ3n) is 6.85. The number of carbonyl (C=O) groups excluding carboxylic acids is 2. The van der Waals surface area contributed by atoms with Gasteiger partial charge >= 0.3 is 5.97 Å². The Kier molecular flexibility index (Phi) is 4.86. The highest BCUT2D eigenvalue weighted by Gasteiger charge is 2.57. The van der Waals surface area contributed by atoms with Gasteiger partial charge in [0.05, 0.1) is 19.8 Å². The van der Waals surface area contributed by atoms with Crippen LogP contribution in [-0.4, -0.2) is 36.8 Å². The molecule has 0 radical (unpaired) electrons. The number of ether oxygens (including phenoxy) is 2. The summed E-state index contributed by atoms with van der Waals surface area (Å²) in [6, 6.07) is 5.24. The monoisotopic (exact) mass is 387 g/mol. The van der Waals surface area contributed by atoms with Crippen LogP contribution >= 0.6 is 0 Å². The Morgan fingerprint density at radius 3 is 2.50 bits per heavy atom. The number of rotatable bonds is 6. The summed E-state index contributed by atoms with van der Waals surface area (Å²) in [5.41, 5.74) is 0.578. The van der Waals surface area contributed by atoms with Crippen LogP contribution in [-0.2, 0) is 16.1 Å². The van der Waals surface area contributed by atoms with Crippen molar-refractivity contribution in [3.05, 3.63) is 29.3 Å². The Labute approximate surface area is 165 Å². The Balaban J connectivity index is 1.39. The Hall–Kier alpha value is -2.08. The van der Waals surface area contributed by atoms with Gasteiger partial charge in [0, 0.05) is 13.0 Å². The average Bonchev–Trinajstić information content (AvgIpc) is 2.63. The van der Waals surface area contributed by atoms with Crippen LogP contribution in [0.25, 0.3) is 0 Å². The van der Waals surface area contributed by atoms with Gasteiger partial charge in [0.15, 0.2) is 0 Å². The van der Waals surface area contributed by atoms with Crippen molar-refractivity contribution in [3.8, 4) is 5.75 Å². The molecule has 5 rings (SSSR count). The molecule has 0 heterocycles. The molecule has 0 saturated heterocycles. The van der Waals surface area contributed by atoms with Gasteiger partial charge in [-0.25, -0.2) is 4.79 Å². The fourth-order valence-electron chi connectivity index (χ4n) is 6.35. The Bertz CT molecular complexity index is 775. The molecule has 4 fully saturated rings. The van der Waals surface area contributed by atoms with E-state index < -0.39 is 11.6 Å². The van der Waals surface area contributed by atoms with Crippen molar-refractivity contribution in [2.24, 2.45) is 17.3 Å². The molecule has 1 aromatic rings. The van der Waals surface area contributed by atoms with Gasteiger partial charge in [-0.1, -0.05) is 6.07 Å². The number of amides is 1. The molecule has 4 bridgehead atoms. The van der Waals surface area contributed by atoms with E-state index in [1.165, 1.54) is 20.6 Å². The van der Waals surface area contributed by atoms with Crippen molar-refractivity contribution in [1.82, 2.24) is 5.32 Å². The first-order chi connectivity index (χ1) is 13.3. The molecular weight excluding hydrogens is 358 g/mol. The lowest BCUT2D eigenvalue weighted by Gasteiger charge is -2.60. The second kappa shape index (κ2) is 7.07. The minimum Gasteiger partial charge on any atom is -0.496 e. The normalized spacial score (nSPS) is 32.8. The van der Waals surface area contributed by atoms with Crippen molar-refractivity contribution in [3.63, 3.8) is 0 Å². The standard InChI is InChI=1S/C22H29NO5/c1-27-18-4-3-14(6-17(18)20(25)28-2)12-23-19(24)11-21-7-15-5-16(8-21)10-22(26,9-15)13-21/h3-4,6,15-16,26H,5,7-13H2,1-2H3,(H,23,24)/t15-,16-,21?,22?/m1/s1. The zero-order chi connectivity index (χ0) is 19.9. The molecule has 2 atom stereocenters. The number of hydrogen-bond donors (Lipinski definition) is 2. The molecule has 0 spiro atoms. The van der Waals surface area contributed by atoms with E-state index in [0.29, 0.717) is 36.1 Å². The lowest BCUT2D eigenvalue weighted by molar-refractivity contribution is -0.169. The topological polar surface area (TPSA) is 84.9 Å². The number of carbonyl (C=O) groups is 2. The summed E-state index contributed by atoms with van der Waals surface area (Å²) in [5.74, 6) is 1.14. The molecule has 0 unspecified atom stereocenters. The molecule has 6 nitrogen and oxygen atoms in total. The molecule has 6 heteroatoms. The smallest absolute Gasteiger partial charge is 0.341 e. The second-order valence-electron chi connectivity index (χ2n) is 9.17. The van der Waals surface area contributed by atoms with Crippen LogP contribution < -0.4 is 10.1 Å². The highest BCUT2D eigenvalue weighted by molar-refractivity contribution is 5.92. The van der Waals surface area contributed by atoms with Crippen LogP contribution in [0.3, 0.4) is 0 Å². The van der Waals surface area contributed by atoms with Crippen molar-refractivity contribution < 1.29 is 24.2 Å². The van der Waals surface area contributed by atoms with Gasteiger partial charge in [-0.2, -0.15) is 0 Å². The lowest BCUT2D eigenvalue weighted by atomic mass is 9.47. The van der Waals surface area contributed by atoms with E-state index >= 15 is 0 Å². The molecule has 4 saturated carbocycles. The number of nitrogens with one attached hydrogen (secondary N) is 1. The van der Waals surface area contributed by atoms with Gasteiger partial charge in [-0.15, -0.1) is 0 Å². The van der Waals surface area contributed by atoms with Gasteiger partial charge in [0.25, 0.3) is 0 Å². The quantitative estimate of drug-likeness (QED) is 0.733. The fourth-order valence-corrected chi connectivity index (χ4v) is 6.35. The van der Waals surface area contributed by atoms with E-state index in [9.17, 15) is 14.7 Å². The summed E-state index contributed by atoms with van der Waals surface area (Å²) in [7, 11) is 2.83. The van der Waals surface area contributed by atoms with Gasteiger partial charge in [-0.3, -0.25) is 4.79 Å². The zero-order valence-corrected chi connectivity index (χ0v) is 16.6. The summed E-state index contributed by atoms with van der Waals surface area (Å²) in [6.07, 6.45) is 6.40. The van der Waals surface area contributed by atoms with Crippen molar-refractivity contribution in [2.45, 2.75) is 57.1 Å². The van der Waals surface area contributed by atoms with Gasteiger partial charge in [0.2, 0.25) is 5.91 Å². The Morgan fingerprint density at radius 2 is 1.89 bits per heavy atom. The van der Waals surface area contributed by atoms with E-state index in [1.807, 2.05) is 6.07 Å². The van der Waals surface area contributed by atoms with E-state index in [0.717, 1.165) is 37.7 Å². The maximum absolute atomic E-state index is 12.7. The van der Waals surface area contributed by atoms with E-state index in [2.05, 4.69) is 5.32 Å². The van der Waals surface area contributed by atoms with Crippen LogP contribution in [0, 0.1) is 17.3 Å². The number of methoxy groups -OCH3 is 2. The number of aliphatic hydroxyl groups is 1. The molecule has 1 aromatic carbocycles. The van der Waals surface area contributed by atoms with E-state index in [4.69, 9.17) is 9.47 Å². The molecule has 0 aliphatic heterocycles. The third-order valence-corrected chi connectivity index (χ3v) is 6.85. The minimum absolute atomic E-state index is 0.0148. The first-order valence-corrected chi connectivity index (χ1v) is 10.1. The molecule has 2 N–H and O–H groups in total. The summed E-state index contributed by atoms with van der Waals surface area (Å²) >= 11 is 0. The summed E-state index contributed by atoms with van der Waals surface area (Å²) < 4.78 is 10.0. The van der Waals surface area contributed by atoms with Crippen LogP contribution in [0.5, 0.6) is 5.75 Å². The SMILES string of the molecule is COC(=O)c1cc(CNC(=O)CC23C[C@H]4C[C@@H](CC(O)(C4)C2)C3)ccc1OC. The Morgan fingerprint density at radius 1 is 1.18 bits per heavy atom. The van der Waals surface area contributed by atoms with Crippen LogP contribution in [0.4, 0.5) is 0 Å². The third kappa shape index (κ3) is 3.62. The molecule has 4 aliphatic carbocycles. The highest BCUT2D eigenvalue weighted by atomic mass is 16.5. The summed E-state index contributed by atoms with van der Waals surface area (Å²) in [4.78, 5) is 24.6. The minimum atomic E-state index is -0.546. The summed E-state index contributed by atoms with van der Waals surface area (Å²) in [5, 5.41) is 13.9. The van der Waals surface area contributed by atoms with Crippen LogP contribution in [0.1, 0.15) is 60.9 Å². The highest BCUT2D eigenvalue weighted by Crippen LogP contribution is 2.62. The second-order valence-corrected chi connectivity index (χ2v) is 9.17. The predicted molar refractivity (Wildman–Crippen MR) is 103 cm³/mol. The van der Waals surface area contributed by atoms with Gasteiger partial charge in [0.1, 0.15) is 11.3 Å². The average molecular weight is 387 g/mol. The maximum atomic E-state index is 12.7.